The Hall–Kier alpha value is -0.450. The van der Waals surface area contributed by atoms with Crippen LogP contribution in [-0.2, 0) is 14.3 Å². The Morgan fingerprint density at radius 2 is 2.17 bits per heavy atom. The Kier molecular flexibility index (Phi) is 4.76. The zero-order valence-electron chi connectivity index (χ0n) is 11.6. The van der Waals surface area contributed by atoms with Crippen molar-refractivity contribution in [2.45, 2.75) is 32.3 Å². The Labute approximate surface area is 110 Å². The van der Waals surface area contributed by atoms with Gasteiger partial charge in [0.25, 0.3) is 0 Å². The smallest absolute Gasteiger partial charge is 0.127 e. The van der Waals surface area contributed by atoms with Gasteiger partial charge in [-0.1, -0.05) is 6.92 Å². The molecule has 0 amide bonds. The summed E-state index contributed by atoms with van der Waals surface area (Å²) >= 11 is 0. The molecule has 0 aromatic carbocycles. The number of methoxy groups -OCH3 is 1. The molecule has 2 fully saturated rings. The monoisotopic (exact) mass is 255 g/mol. The molecule has 0 aromatic rings. The Morgan fingerprint density at radius 1 is 1.44 bits per heavy atom. The van der Waals surface area contributed by atoms with Crippen molar-refractivity contribution in [2.75, 3.05) is 40.0 Å². The lowest BCUT2D eigenvalue weighted by atomic mass is 9.80. The van der Waals surface area contributed by atoms with Gasteiger partial charge < -0.3 is 14.3 Å². The Balaban J connectivity index is 1.93. The second kappa shape index (κ2) is 6.13. The molecule has 104 valence electrons. The van der Waals surface area contributed by atoms with Gasteiger partial charge in [0.05, 0.1) is 6.10 Å². The number of hydrogen-bond acceptors (Lipinski definition) is 4. The highest BCUT2D eigenvalue weighted by Crippen LogP contribution is 2.31. The minimum Gasteiger partial charge on any atom is -0.381 e. The summed E-state index contributed by atoms with van der Waals surface area (Å²) in [5.41, 5.74) is -0.183. The molecule has 4 nitrogen and oxygen atoms in total. The highest BCUT2D eigenvalue weighted by Gasteiger charge is 2.36. The molecule has 0 radical (unpaired) electrons. The van der Waals surface area contributed by atoms with Gasteiger partial charge in [0.15, 0.2) is 0 Å². The van der Waals surface area contributed by atoms with E-state index in [1.165, 1.54) is 0 Å². The van der Waals surface area contributed by atoms with Crippen LogP contribution in [0, 0.1) is 11.3 Å². The molecule has 0 bridgehead atoms. The van der Waals surface area contributed by atoms with E-state index in [-0.39, 0.29) is 5.41 Å². The van der Waals surface area contributed by atoms with Crippen molar-refractivity contribution in [3.8, 4) is 0 Å². The van der Waals surface area contributed by atoms with Crippen LogP contribution in [0.3, 0.4) is 0 Å². The molecule has 2 heterocycles. The lowest BCUT2D eigenvalue weighted by Crippen LogP contribution is -2.50. The maximum Gasteiger partial charge on any atom is 0.127 e. The number of carbonyl (C=O) groups excluding carboxylic acids is 1. The third-order valence-electron chi connectivity index (χ3n) is 4.55. The zero-order chi connectivity index (χ0) is 13.0. The maximum absolute atomic E-state index is 11.5. The van der Waals surface area contributed by atoms with Crippen molar-refractivity contribution >= 4 is 6.29 Å². The number of aldehydes is 1. The summed E-state index contributed by atoms with van der Waals surface area (Å²) < 4.78 is 10.9. The second-order valence-electron chi connectivity index (χ2n) is 5.87. The molecule has 0 aliphatic carbocycles. The molecule has 2 saturated heterocycles. The van der Waals surface area contributed by atoms with Gasteiger partial charge in [-0.2, -0.15) is 0 Å². The highest BCUT2D eigenvalue weighted by atomic mass is 16.5. The third kappa shape index (κ3) is 3.11. The number of carbonyl (C=O) groups is 1. The fourth-order valence-corrected chi connectivity index (χ4v) is 3.08. The lowest BCUT2D eigenvalue weighted by Gasteiger charge is -2.41. The van der Waals surface area contributed by atoms with Crippen molar-refractivity contribution in [1.82, 2.24) is 4.90 Å². The molecular formula is C14H25NO3. The van der Waals surface area contributed by atoms with Crippen LogP contribution in [0.15, 0.2) is 0 Å². The van der Waals surface area contributed by atoms with Gasteiger partial charge in [-0.3, -0.25) is 4.90 Å². The highest BCUT2D eigenvalue weighted by molar-refractivity contribution is 5.60. The first-order valence-electron chi connectivity index (χ1n) is 6.98. The molecule has 2 aliphatic heterocycles. The van der Waals surface area contributed by atoms with E-state index in [4.69, 9.17) is 9.47 Å². The van der Waals surface area contributed by atoms with Gasteiger partial charge in [0.1, 0.15) is 6.29 Å². The lowest BCUT2D eigenvalue weighted by molar-refractivity contribution is -0.124. The average Bonchev–Trinajstić information content (AvgIpc) is 2.42. The van der Waals surface area contributed by atoms with Crippen molar-refractivity contribution in [2.24, 2.45) is 11.3 Å². The fourth-order valence-electron chi connectivity index (χ4n) is 3.08. The van der Waals surface area contributed by atoms with Gasteiger partial charge in [0.2, 0.25) is 0 Å². The number of hydrogen-bond donors (Lipinski definition) is 0. The van der Waals surface area contributed by atoms with E-state index in [2.05, 4.69) is 11.8 Å². The molecule has 2 atom stereocenters. The number of ether oxygens (including phenoxy) is 2. The van der Waals surface area contributed by atoms with Crippen molar-refractivity contribution in [3.05, 3.63) is 0 Å². The SMILES string of the molecule is COC1CN(CC2(C=O)CCOCC2)CCC1C. The van der Waals surface area contributed by atoms with Gasteiger partial charge >= 0.3 is 0 Å². The molecule has 0 saturated carbocycles. The predicted octanol–water partition coefficient (Wildman–Crippen LogP) is 1.34. The minimum atomic E-state index is -0.183. The summed E-state index contributed by atoms with van der Waals surface area (Å²) in [6.45, 7) is 6.58. The molecule has 2 aliphatic rings. The summed E-state index contributed by atoms with van der Waals surface area (Å²) in [5.74, 6) is 0.619. The molecule has 0 spiro atoms. The number of piperidine rings is 1. The normalized spacial score (nSPS) is 33.2. The van der Waals surface area contributed by atoms with Crippen molar-refractivity contribution < 1.29 is 14.3 Å². The minimum absolute atomic E-state index is 0.183. The molecular weight excluding hydrogens is 230 g/mol. The first kappa shape index (κ1) is 14.0. The van der Waals surface area contributed by atoms with E-state index in [0.717, 1.165) is 58.4 Å². The first-order chi connectivity index (χ1) is 8.69. The van der Waals surface area contributed by atoms with Crippen LogP contribution in [0.4, 0.5) is 0 Å². The zero-order valence-corrected chi connectivity index (χ0v) is 11.6. The van der Waals surface area contributed by atoms with Crippen LogP contribution in [-0.4, -0.2) is 57.2 Å². The largest absolute Gasteiger partial charge is 0.381 e. The van der Waals surface area contributed by atoms with E-state index >= 15 is 0 Å². The van der Waals surface area contributed by atoms with Crippen molar-refractivity contribution in [3.63, 3.8) is 0 Å². The third-order valence-corrected chi connectivity index (χ3v) is 4.55. The van der Waals surface area contributed by atoms with E-state index in [0.29, 0.717) is 12.0 Å². The molecule has 0 aromatic heterocycles. The summed E-state index contributed by atoms with van der Waals surface area (Å²) in [5, 5.41) is 0. The molecule has 2 rings (SSSR count). The summed E-state index contributed by atoms with van der Waals surface area (Å²) in [6, 6.07) is 0. The molecule has 18 heavy (non-hydrogen) atoms. The average molecular weight is 255 g/mol. The van der Waals surface area contributed by atoms with E-state index in [1.807, 2.05) is 0 Å². The Morgan fingerprint density at radius 3 is 2.78 bits per heavy atom. The van der Waals surface area contributed by atoms with E-state index < -0.39 is 0 Å². The summed E-state index contributed by atoms with van der Waals surface area (Å²) in [4.78, 5) is 13.9. The maximum atomic E-state index is 11.5. The van der Waals surface area contributed by atoms with Crippen LogP contribution in [0.1, 0.15) is 26.2 Å². The molecule has 0 N–H and O–H groups in total. The van der Waals surface area contributed by atoms with Gasteiger partial charge in [-0.05, 0) is 31.7 Å². The van der Waals surface area contributed by atoms with Crippen LogP contribution in [0.5, 0.6) is 0 Å². The quantitative estimate of drug-likeness (QED) is 0.711. The number of rotatable bonds is 4. The van der Waals surface area contributed by atoms with E-state index in [9.17, 15) is 4.79 Å². The predicted molar refractivity (Wildman–Crippen MR) is 69.6 cm³/mol. The van der Waals surface area contributed by atoms with Crippen LogP contribution in [0.25, 0.3) is 0 Å². The van der Waals surface area contributed by atoms with Gasteiger partial charge in [-0.15, -0.1) is 0 Å². The van der Waals surface area contributed by atoms with Crippen molar-refractivity contribution in [1.29, 1.82) is 0 Å². The first-order valence-corrected chi connectivity index (χ1v) is 6.98. The topological polar surface area (TPSA) is 38.8 Å². The molecule has 2 unspecified atom stereocenters. The van der Waals surface area contributed by atoms with Gasteiger partial charge in [-0.25, -0.2) is 0 Å². The van der Waals surface area contributed by atoms with Crippen LogP contribution >= 0.6 is 0 Å². The Bertz CT molecular complexity index is 276. The van der Waals surface area contributed by atoms with E-state index in [1.54, 1.807) is 7.11 Å². The summed E-state index contributed by atoms with van der Waals surface area (Å²) in [7, 11) is 1.79. The summed E-state index contributed by atoms with van der Waals surface area (Å²) in [6.07, 6.45) is 4.35. The number of nitrogens with zero attached hydrogens (tertiary/aromatic N) is 1. The standard InChI is InChI=1S/C14H25NO3/c1-12-3-6-15(9-13(12)17-2)10-14(11-16)4-7-18-8-5-14/h11-13H,3-10H2,1-2H3. The number of likely N-dealkylation sites (tertiary alicyclic amines) is 1. The van der Waals surface area contributed by atoms with Crippen LogP contribution in [0.2, 0.25) is 0 Å². The van der Waals surface area contributed by atoms with Crippen LogP contribution < -0.4 is 0 Å². The van der Waals surface area contributed by atoms with Gasteiger partial charge in [0, 0.05) is 38.8 Å². The molecule has 4 heteroatoms. The fraction of sp³-hybridized carbons (Fsp3) is 0.929. The second-order valence-corrected chi connectivity index (χ2v) is 5.87.